The van der Waals surface area contributed by atoms with Crippen LogP contribution in [0.15, 0.2) is 24.3 Å². The highest BCUT2D eigenvalue weighted by molar-refractivity contribution is 9.10. The predicted molar refractivity (Wildman–Crippen MR) is 88.0 cm³/mol. The number of hydrogen-bond donors (Lipinski definition) is 1. The van der Waals surface area contributed by atoms with Gasteiger partial charge < -0.3 is 9.47 Å². The maximum atomic E-state index is 12.5. The van der Waals surface area contributed by atoms with E-state index in [0.717, 1.165) is 0 Å². The van der Waals surface area contributed by atoms with Crippen molar-refractivity contribution in [3.05, 3.63) is 29.8 Å². The van der Waals surface area contributed by atoms with Crippen molar-refractivity contribution >= 4 is 33.7 Å². The number of nitrogens with one attached hydrogen (secondary N) is 1. The molecule has 0 unspecified atom stereocenters. The Balaban J connectivity index is 2.53. The second-order valence-corrected chi connectivity index (χ2v) is 6.58. The van der Waals surface area contributed by atoms with Crippen LogP contribution in [0.25, 0.3) is 0 Å². The molecule has 0 aliphatic rings. The molecule has 0 aliphatic heterocycles. The molecule has 0 radical (unpaired) electrons. The average Bonchev–Trinajstić information content (AvgIpc) is 2.42. The zero-order chi connectivity index (χ0) is 18.4. The molecule has 8 heteroatoms. The summed E-state index contributed by atoms with van der Waals surface area (Å²) in [7, 11) is 0. The number of carbonyl (C=O) groups excluding carboxylic acids is 2. The topological polar surface area (TPSA) is 64.6 Å². The Kier molecular flexibility index (Phi) is 6.72. The van der Waals surface area contributed by atoms with Crippen LogP contribution in [0.5, 0.6) is 0 Å². The Labute approximate surface area is 146 Å². The number of anilines is 1. The second kappa shape index (κ2) is 8.11. The standard InChI is InChI=1S/C16H16BrF2NO4/c1-15(2,3)24-14(22)20-12-8-6-11(7-9-12)5-4-10-23-13(21)16(17,18)19/h6-9H,10H2,1-3H3,(H,20,22). The monoisotopic (exact) mass is 403 g/mol. The highest BCUT2D eigenvalue weighted by Crippen LogP contribution is 2.22. The Bertz CT molecular complexity index is 652. The number of ether oxygens (including phenoxy) is 2. The van der Waals surface area contributed by atoms with Crippen molar-refractivity contribution < 1.29 is 27.8 Å². The first-order valence-electron chi connectivity index (χ1n) is 6.80. The lowest BCUT2D eigenvalue weighted by Crippen LogP contribution is -2.27. The number of alkyl halides is 3. The Morgan fingerprint density at radius 3 is 2.29 bits per heavy atom. The van der Waals surface area contributed by atoms with Gasteiger partial charge in [0.1, 0.15) is 5.60 Å². The quantitative estimate of drug-likeness (QED) is 0.471. The molecule has 0 aliphatic carbocycles. The lowest BCUT2D eigenvalue weighted by atomic mass is 10.2. The van der Waals surface area contributed by atoms with Crippen molar-refractivity contribution in [2.24, 2.45) is 0 Å². The van der Waals surface area contributed by atoms with E-state index < -0.39 is 29.1 Å². The van der Waals surface area contributed by atoms with Gasteiger partial charge in [-0.15, -0.1) is 0 Å². The minimum Gasteiger partial charge on any atom is -0.447 e. The van der Waals surface area contributed by atoms with Crippen LogP contribution < -0.4 is 5.32 Å². The Morgan fingerprint density at radius 1 is 1.21 bits per heavy atom. The fourth-order valence-electron chi connectivity index (χ4n) is 1.38. The second-order valence-electron chi connectivity index (χ2n) is 5.58. The number of rotatable bonds is 3. The molecular weight excluding hydrogens is 388 g/mol. The first kappa shape index (κ1) is 19.9. The van der Waals surface area contributed by atoms with Crippen molar-refractivity contribution in [3.8, 4) is 11.8 Å². The molecule has 1 amide bonds. The highest BCUT2D eigenvalue weighted by atomic mass is 79.9. The smallest absolute Gasteiger partial charge is 0.412 e. The molecule has 0 heterocycles. The molecule has 0 saturated heterocycles. The zero-order valence-electron chi connectivity index (χ0n) is 13.3. The molecule has 0 saturated carbocycles. The van der Waals surface area contributed by atoms with E-state index in [9.17, 15) is 18.4 Å². The van der Waals surface area contributed by atoms with E-state index in [0.29, 0.717) is 11.3 Å². The number of amides is 1. The maximum absolute atomic E-state index is 12.5. The van der Waals surface area contributed by atoms with Crippen molar-refractivity contribution in [1.82, 2.24) is 0 Å². The van der Waals surface area contributed by atoms with Gasteiger partial charge in [0.15, 0.2) is 6.61 Å². The maximum Gasteiger partial charge on any atom is 0.412 e. The third-order valence-corrected chi connectivity index (χ3v) is 2.59. The summed E-state index contributed by atoms with van der Waals surface area (Å²) >= 11 is 1.89. The van der Waals surface area contributed by atoms with Gasteiger partial charge in [-0.25, -0.2) is 9.59 Å². The Morgan fingerprint density at radius 2 is 1.79 bits per heavy atom. The third kappa shape index (κ3) is 7.92. The molecule has 0 spiro atoms. The van der Waals surface area contributed by atoms with Crippen LogP contribution in [-0.4, -0.2) is 29.1 Å². The molecule has 5 nitrogen and oxygen atoms in total. The van der Waals surface area contributed by atoms with E-state index in [1.807, 2.05) is 15.9 Å². The molecule has 0 aromatic heterocycles. The van der Waals surface area contributed by atoms with Gasteiger partial charge >= 0.3 is 16.9 Å². The third-order valence-electron chi connectivity index (χ3n) is 2.27. The molecule has 0 fully saturated rings. The Hall–Kier alpha value is -2.14. The molecule has 0 atom stereocenters. The molecule has 24 heavy (non-hydrogen) atoms. The molecular formula is C16H16BrF2NO4. The van der Waals surface area contributed by atoms with Gasteiger partial charge in [-0.1, -0.05) is 11.8 Å². The van der Waals surface area contributed by atoms with E-state index >= 15 is 0 Å². The fraction of sp³-hybridized carbons (Fsp3) is 0.375. The summed E-state index contributed by atoms with van der Waals surface area (Å²) in [5.41, 5.74) is 0.477. The van der Waals surface area contributed by atoms with Crippen molar-refractivity contribution in [3.63, 3.8) is 0 Å². The minimum atomic E-state index is -3.72. The fourth-order valence-corrected chi connectivity index (χ4v) is 1.49. The van der Waals surface area contributed by atoms with Gasteiger partial charge in [0, 0.05) is 27.2 Å². The van der Waals surface area contributed by atoms with E-state index in [1.54, 1.807) is 45.0 Å². The van der Waals surface area contributed by atoms with Crippen molar-refractivity contribution in [1.29, 1.82) is 0 Å². The van der Waals surface area contributed by atoms with E-state index in [4.69, 9.17) is 4.74 Å². The van der Waals surface area contributed by atoms with Crippen LogP contribution in [0, 0.1) is 11.8 Å². The van der Waals surface area contributed by atoms with Gasteiger partial charge in [0.25, 0.3) is 0 Å². The number of halogens is 3. The van der Waals surface area contributed by atoms with E-state index in [1.165, 1.54) is 0 Å². The molecule has 1 rings (SSSR count). The van der Waals surface area contributed by atoms with Gasteiger partial charge in [-0.3, -0.25) is 5.32 Å². The van der Waals surface area contributed by atoms with E-state index in [-0.39, 0.29) is 0 Å². The molecule has 1 N–H and O–H groups in total. The normalized spacial score (nSPS) is 11.1. The summed E-state index contributed by atoms with van der Waals surface area (Å²) in [6.07, 6.45) is -0.580. The first-order valence-corrected chi connectivity index (χ1v) is 7.59. The van der Waals surface area contributed by atoms with Gasteiger partial charge in [-0.2, -0.15) is 8.78 Å². The summed E-state index contributed by atoms with van der Waals surface area (Å²) in [6, 6.07) is 6.43. The number of hydrogen-bond acceptors (Lipinski definition) is 4. The largest absolute Gasteiger partial charge is 0.447 e. The van der Waals surface area contributed by atoms with Crippen LogP contribution >= 0.6 is 15.9 Å². The first-order chi connectivity index (χ1) is 11.0. The van der Waals surface area contributed by atoms with Crippen LogP contribution in [0.2, 0.25) is 0 Å². The van der Waals surface area contributed by atoms with Crippen LogP contribution in [0.3, 0.4) is 0 Å². The van der Waals surface area contributed by atoms with Gasteiger partial charge in [-0.05, 0) is 45.0 Å². The molecule has 0 bridgehead atoms. The minimum absolute atomic E-state index is 0.460. The molecule has 1 aromatic carbocycles. The van der Waals surface area contributed by atoms with Crippen molar-refractivity contribution in [2.45, 2.75) is 31.2 Å². The summed E-state index contributed by atoms with van der Waals surface area (Å²) in [4.78, 5) is 18.7. The van der Waals surface area contributed by atoms with Gasteiger partial charge in [0.05, 0.1) is 0 Å². The lowest BCUT2D eigenvalue weighted by Gasteiger charge is -2.19. The number of benzene rings is 1. The zero-order valence-corrected chi connectivity index (χ0v) is 14.9. The van der Waals surface area contributed by atoms with Crippen LogP contribution in [0.4, 0.5) is 19.3 Å². The van der Waals surface area contributed by atoms with E-state index in [2.05, 4.69) is 21.9 Å². The van der Waals surface area contributed by atoms with Crippen molar-refractivity contribution in [2.75, 3.05) is 11.9 Å². The lowest BCUT2D eigenvalue weighted by molar-refractivity contribution is -0.157. The summed E-state index contributed by atoms with van der Waals surface area (Å²) in [5, 5.41) is 2.56. The van der Waals surface area contributed by atoms with Gasteiger partial charge in [0.2, 0.25) is 0 Å². The average molecular weight is 404 g/mol. The van der Waals surface area contributed by atoms with Crippen LogP contribution in [0.1, 0.15) is 26.3 Å². The predicted octanol–water partition coefficient (Wildman–Crippen LogP) is 3.92. The molecule has 130 valence electrons. The van der Waals surface area contributed by atoms with Crippen LogP contribution in [-0.2, 0) is 14.3 Å². The summed E-state index contributed by atoms with van der Waals surface area (Å²) in [5.74, 6) is 3.38. The number of carbonyl (C=O) groups is 2. The summed E-state index contributed by atoms with van der Waals surface area (Å²) in [6.45, 7) is 4.80. The SMILES string of the molecule is CC(C)(C)OC(=O)Nc1ccc(C#CCOC(=O)C(F)(F)Br)cc1. The summed E-state index contributed by atoms with van der Waals surface area (Å²) < 4.78 is 34.3. The molecule has 1 aromatic rings. The highest BCUT2D eigenvalue weighted by Gasteiger charge is 2.36. The number of esters is 1.